The molecule has 0 aromatic carbocycles. The van der Waals surface area contributed by atoms with Crippen LogP contribution in [0, 0.1) is 17.8 Å². The highest BCUT2D eigenvalue weighted by molar-refractivity contribution is 5.09. The molecule has 0 aromatic heterocycles. The summed E-state index contributed by atoms with van der Waals surface area (Å²) in [6.45, 7) is 9.37. The molecule has 1 heterocycles. The van der Waals surface area contributed by atoms with E-state index in [4.69, 9.17) is 0 Å². The quantitative estimate of drug-likeness (QED) is 0.495. The SMILES string of the molecule is CCCCCCC#CC(C(C)C)N1CCCC1. The van der Waals surface area contributed by atoms with Crippen LogP contribution < -0.4 is 0 Å². The normalized spacial score (nSPS) is 18.1. The average Bonchev–Trinajstić information content (AvgIpc) is 2.81. The van der Waals surface area contributed by atoms with Crippen molar-refractivity contribution >= 4 is 0 Å². The van der Waals surface area contributed by atoms with Crippen molar-refractivity contribution in [1.29, 1.82) is 0 Å². The lowest BCUT2D eigenvalue weighted by molar-refractivity contribution is 0.241. The van der Waals surface area contributed by atoms with Crippen molar-refractivity contribution in [2.45, 2.75) is 71.8 Å². The summed E-state index contributed by atoms with van der Waals surface area (Å²) >= 11 is 0. The Morgan fingerprint density at radius 3 is 2.35 bits per heavy atom. The van der Waals surface area contributed by atoms with Crippen LogP contribution in [0.5, 0.6) is 0 Å². The van der Waals surface area contributed by atoms with E-state index in [2.05, 4.69) is 37.5 Å². The fourth-order valence-electron chi connectivity index (χ4n) is 2.52. The Morgan fingerprint density at radius 2 is 1.76 bits per heavy atom. The third-order valence-electron chi connectivity index (χ3n) is 3.57. The van der Waals surface area contributed by atoms with Crippen LogP contribution in [0.15, 0.2) is 0 Å². The molecule has 0 aliphatic carbocycles. The number of hydrogen-bond acceptors (Lipinski definition) is 1. The summed E-state index contributed by atoms with van der Waals surface area (Å²) in [5.74, 6) is 7.59. The maximum Gasteiger partial charge on any atom is 0.0737 e. The first-order valence-corrected chi connectivity index (χ1v) is 7.48. The van der Waals surface area contributed by atoms with Gasteiger partial charge in [0.05, 0.1) is 6.04 Å². The maximum atomic E-state index is 3.51. The number of rotatable bonds is 6. The minimum absolute atomic E-state index is 0.503. The molecule has 0 amide bonds. The van der Waals surface area contributed by atoms with Crippen molar-refractivity contribution in [1.82, 2.24) is 4.90 Å². The molecular formula is C16H29N. The van der Waals surface area contributed by atoms with E-state index in [0.717, 1.165) is 6.42 Å². The van der Waals surface area contributed by atoms with E-state index in [1.807, 2.05) is 0 Å². The highest BCUT2D eigenvalue weighted by Crippen LogP contribution is 2.17. The first-order chi connectivity index (χ1) is 8.25. The van der Waals surface area contributed by atoms with Crippen LogP contribution >= 0.6 is 0 Å². The summed E-state index contributed by atoms with van der Waals surface area (Å²) in [6, 6.07) is 0.503. The minimum Gasteiger partial charge on any atom is -0.290 e. The van der Waals surface area contributed by atoms with Crippen LogP contribution in [0.3, 0.4) is 0 Å². The van der Waals surface area contributed by atoms with E-state index < -0.39 is 0 Å². The molecule has 1 aliphatic heterocycles. The van der Waals surface area contributed by atoms with Gasteiger partial charge in [-0.05, 0) is 38.3 Å². The van der Waals surface area contributed by atoms with Gasteiger partial charge in [-0.1, -0.05) is 46.0 Å². The number of likely N-dealkylation sites (tertiary alicyclic amines) is 1. The molecule has 0 N–H and O–H groups in total. The first kappa shape index (κ1) is 14.6. The van der Waals surface area contributed by atoms with E-state index >= 15 is 0 Å². The zero-order chi connectivity index (χ0) is 12.5. The van der Waals surface area contributed by atoms with E-state index in [1.165, 1.54) is 51.6 Å². The predicted molar refractivity (Wildman–Crippen MR) is 76.0 cm³/mol. The molecule has 0 radical (unpaired) electrons. The number of hydrogen-bond donors (Lipinski definition) is 0. The molecule has 0 bridgehead atoms. The first-order valence-electron chi connectivity index (χ1n) is 7.48. The second-order valence-electron chi connectivity index (χ2n) is 5.56. The van der Waals surface area contributed by atoms with E-state index in [-0.39, 0.29) is 0 Å². The van der Waals surface area contributed by atoms with Gasteiger partial charge in [-0.15, -0.1) is 5.92 Å². The van der Waals surface area contributed by atoms with Crippen molar-refractivity contribution in [3.8, 4) is 11.8 Å². The highest BCUT2D eigenvalue weighted by Gasteiger charge is 2.22. The van der Waals surface area contributed by atoms with Gasteiger partial charge in [-0.2, -0.15) is 0 Å². The zero-order valence-corrected chi connectivity index (χ0v) is 12.0. The van der Waals surface area contributed by atoms with E-state index in [9.17, 15) is 0 Å². The molecule has 1 saturated heterocycles. The molecule has 1 rings (SSSR count). The lowest BCUT2D eigenvalue weighted by Crippen LogP contribution is -2.35. The van der Waals surface area contributed by atoms with Crippen molar-refractivity contribution < 1.29 is 0 Å². The average molecular weight is 235 g/mol. The molecule has 1 atom stereocenters. The van der Waals surface area contributed by atoms with Gasteiger partial charge in [0.1, 0.15) is 0 Å². The van der Waals surface area contributed by atoms with Gasteiger partial charge in [0.2, 0.25) is 0 Å². The largest absolute Gasteiger partial charge is 0.290 e. The van der Waals surface area contributed by atoms with Gasteiger partial charge in [-0.25, -0.2) is 0 Å². The summed E-state index contributed by atoms with van der Waals surface area (Å²) in [5.41, 5.74) is 0. The van der Waals surface area contributed by atoms with Crippen LogP contribution in [-0.2, 0) is 0 Å². The lowest BCUT2D eigenvalue weighted by Gasteiger charge is -2.26. The fraction of sp³-hybridized carbons (Fsp3) is 0.875. The third kappa shape index (κ3) is 5.59. The summed E-state index contributed by atoms with van der Waals surface area (Å²) in [5, 5.41) is 0. The summed E-state index contributed by atoms with van der Waals surface area (Å²) in [4.78, 5) is 2.57. The summed E-state index contributed by atoms with van der Waals surface area (Å²) in [7, 11) is 0. The van der Waals surface area contributed by atoms with Crippen LogP contribution in [-0.4, -0.2) is 24.0 Å². The third-order valence-corrected chi connectivity index (χ3v) is 3.57. The Bertz CT molecular complexity index is 240. The standard InChI is InChI=1S/C16H29N/c1-4-5-6-7-8-9-12-16(15(2)3)17-13-10-11-14-17/h15-16H,4-8,10-11,13-14H2,1-3H3. The Labute approximate surface area is 108 Å². The maximum absolute atomic E-state index is 3.51. The Balaban J connectivity index is 2.30. The molecule has 1 aliphatic rings. The van der Waals surface area contributed by atoms with Crippen LogP contribution in [0.2, 0.25) is 0 Å². The summed E-state index contributed by atoms with van der Waals surface area (Å²) < 4.78 is 0. The topological polar surface area (TPSA) is 3.24 Å². The smallest absolute Gasteiger partial charge is 0.0737 e. The number of unbranched alkanes of at least 4 members (excludes halogenated alkanes) is 4. The minimum atomic E-state index is 0.503. The molecule has 17 heavy (non-hydrogen) atoms. The molecule has 0 saturated carbocycles. The van der Waals surface area contributed by atoms with Crippen LogP contribution in [0.1, 0.15) is 65.7 Å². The molecule has 1 fully saturated rings. The van der Waals surface area contributed by atoms with Gasteiger partial charge >= 0.3 is 0 Å². The highest BCUT2D eigenvalue weighted by atomic mass is 15.2. The van der Waals surface area contributed by atoms with Crippen LogP contribution in [0.25, 0.3) is 0 Å². The molecule has 1 heteroatoms. The predicted octanol–water partition coefficient (Wildman–Crippen LogP) is 4.08. The molecule has 1 nitrogen and oxygen atoms in total. The molecule has 98 valence electrons. The van der Waals surface area contributed by atoms with Crippen LogP contribution in [0.4, 0.5) is 0 Å². The van der Waals surface area contributed by atoms with Gasteiger partial charge in [0.25, 0.3) is 0 Å². The molecular weight excluding hydrogens is 206 g/mol. The van der Waals surface area contributed by atoms with Gasteiger partial charge < -0.3 is 0 Å². The van der Waals surface area contributed by atoms with E-state index in [0.29, 0.717) is 12.0 Å². The Hall–Kier alpha value is -0.480. The zero-order valence-electron chi connectivity index (χ0n) is 12.0. The van der Waals surface area contributed by atoms with Gasteiger partial charge in [0.15, 0.2) is 0 Å². The second kappa shape index (κ2) is 8.59. The van der Waals surface area contributed by atoms with Crippen molar-refractivity contribution in [2.24, 2.45) is 5.92 Å². The molecule has 0 aromatic rings. The number of nitrogens with zero attached hydrogens (tertiary/aromatic N) is 1. The fourth-order valence-corrected chi connectivity index (χ4v) is 2.52. The second-order valence-corrected chi connectivity index (χ2v) is 5.56. The van der Waals surface area contributed by atoms with E-state index in [1.54, 1.807) is 0 Å². The Kier molecular flexibility index (Phi) is 7.37. The Morgan fingerprint density at radius 1 is 1.06 bits per heavy atom. The van der Waals surface area contributed by atoms with Crippen molar-refractivity contribution in [3.05, 3.63) is 0 Å². The van der Waals surface area contributed by atoms with Crippen molar-refractivity contribution in [3.63, 3.8) is 0 Å². The summed E-state index contributed by atoms with van der Waals surface area (Å²) in [6.07, 6.45) is 9.13. The molecule has 0 spiro atoms. The van der Waals surface area contributed by atoms with Gasteiger partial charge in [0, 0.05) is 6.42 Å². The van der Waals surface area contributed by atoms with Crippen molar-refractivity contribution in [2.75, 3.05) is 13.1 Å². The van der Waals surface area contributed by atoms with Gasteiger partial charge in [-0.3, -0.25) is 4.90 Å². The molecule has 1 unspecified atom stereocenters. The lowest BCUT2D eigenvalue weighted by atomic mass is 10.0. The monoisotopic (exact) mass is 235 g/mol.